The van der Waals surface area contributed by atoms with Gasteiger partial charge in [0.25, 0.3) is 5.71 Å². The molecule has 6 heteroatoms. The molecule has 6 nitrogen and oxygen atoms in total. The van der Waals surface area contributed by atoms with E-state index in [4.69, 9.17) is 9.15 Å². The van der Waals surface area contributed by atoms with Crippen LogP contribution in [0.5, 0.6) is 11.8 Å². The molecule has 0 unspecified atom stereocenters. The van der Waals surface area contributed by atoms with Crippen molar-refractivity contribution in [3.63, 3.8) is 0 Å². The largest absolute Gasteiger partial charge is 0.422 e. The summed E-state index contributed by atoms with van der Waals surface area (Å²) in [7, 11) is 0. The Morgan fingerprint density at radius 1 is 0.960 bits per heavy atom. The van der Waals surface area contributed by atoms with Crippen LogP contribution in [0, 0.1) is 20.8 Å². The Kier molecular flexibility index (Phi) is 3.65. The van der Waals surface area contributed by atoms with Gasteiger partial charge in [0.2, 0.25) is 5.89 Å². The molecule has 0 N–H and O–H groups in total. The molecule has 1 aromatic carbocycles. The van der Waals surface area contributed by atoms with Crippen LogP contribution >= 0.6 is 0 Å². The molecule has 4 rings (SSSR count). The van der Waals surface area contributed by atoms with E-state index in [2.05, 4.69) is 26.0 Å². The second kappa shape index (κ2) is 5.98. The maximum Gasteiger partial charge on any atom is 0.325 e. The standard InChI is InChI=1S/C19H16N4O2/c1-11-7-12(2)9-14(8-11)17-22-15-10-21-19(23-18(15)25-17)24-16-5-4-6-20-13(16)3/h4-10H,1-3H3. The van der Waals surface area contributed by atoms with E-state index in [1.165, 1.54) is 0 Å². The van der Waals surface area contributed by atoms with E-state index in [0.29, 0.717) is 22.9 Å². The number of rotatable bonds is 3. The van der Waals surface area contributed by atoms with Crippen molar-refractivity contribution in [3.8, 4) is 23.2 Å². The van der Waals surface area contributed by atoms with Gasteiger partial charge in [0.1, 0.15) is 5.52 Å². The number of aromatic nitrogens is 4. The molecular weight excluding hydrogens is 316 g/mol. The second-order valence-corrected chi connectivity index (χ2v) is 5.93. The molecule has 0 atom stereocenters. The molecule has 0 radical (unpaired) electrons. The fourth-order valence-corrected chi connectivity index (χ4v) is 2.67. The first kappa shape index (κ1) is 15.3. The lowest BCUT2D eigenvalue weighted by molar-refractivity contribution is 0.434. The molecule has 124 valence electrons. The number of benzene rings is 1. The average molecular weight is 332 g/mol. The summed E-state index contributed by atoms with van der Waals surface area (Å²) < 4.78 is 11.5. The van der Waals surface area contributed by atoms with Crippen LogP contribution in [0.1, 0.15) is 16.8 Å². The normalized spacial score (nSPS) is 11.0. The highest BCUT2D eigenvalue weighted by Gasteiger charge is 2.13. The number of nitrogens with zero attached hydrogens (tertiary/aromatic N) is 4. The average Bonchev–Trinajstić information content (AvgIpc) is 2.99. The van der Waals surface area contributed by atoms with Crippen molar-refractivity contribution in [3.05, 3.63) is 59.5 Å². The summed E-state index contributed by atoms with van der Waals surface area (Å²) in [6.07, 6.45) is 3.30. The first-order valence-electron chi connectivity index (χ1n) is 7.90. The molecule has 0 saturated carbocycles. The van der Waals surface area contributed by atoms with Gasteiger partial charge in [0, 0.05) is 11.8 Å². The Morgan fingerprint density at radius 3 is 2.52 bits per heavy atom. The Labute approximate surface area is 144 Å². The Hall–Kier alpha value is -3.28. The lowest BCUT2D eigenvalue weighted by Crippen LogP contribution is -1.94. The third kappa shape index (κ3) is 3.06. The first-order chi connectivity index (χ1) is 12.1. The van der Waals surface area contributed by atoms with Crippen molar-refractivity contribution in [1.29, 1.82) is 0 Å². The van der Waals surface area contributed by atoms with E-state index in [1.54, 1.807) is 18.5 Å². The van der Waals surface area contributed by atoms with E-state index in [9.17, 15) is 0 Å². The summed E-state index contributed by atoms with van der Waals surface area (Å²) in [4.78, 5) is 17.2. The van der Waals surface area contributed by atoms with Gasteiger partial charge in [-0.15, -0.1) is 0 Å². The summed E-state index contributed by atoms with van der Waals surface area (Å²) in [5.41, 5.74) is 4.96. The molecular formula is C19H16N4O2. The summed E-state index contributed by atoms with van der Waals surface area (Å²) in [6, 6.07) is 9.98. The third-order valence-electron chi connectivity index (χ3n) is 3.76. The minimum absolute atomic E-state index is 0.201. The SMILES string of the molecule is Cc1cc(C)cc(-c2nc3cnc(Oc4cccnc4C)nc3o2)c1. The molecule has 0 aliphatic heterocycles. The van der Waals surface area contributed by atoms with Crippen LogP contribution in [0.3, 0.4) is 0 Å². The Balaban J connectivity index is 1.71. The zero-order valence-electron chi connectivity index (χ0n) is 14.1. The number of hydrogen-bond acceptors (Lipinski definition) is 6. The van der Waals surface area contributed by atoms with Gasteiger partial charge >= 0.3 is 6.01 Å². The summed E-state index contributed by atoms with van der Waals surface area (Å²) in [6.45, 7) is 5.95. The van der Waals surface area contributed by atoms with Gasteiger partial charge in [0.15, 0.2) is 5.75 Å². The third-order valence-corrected chi connectivity index (χ3v) is 3.76. The van der Waals surface area contributed by atoms with Crippen LogP contribution < -0.4 is 4.74 Å². The molecule has 25 heavy (non-hydrogen) atoms. The van der Waals surface area contributed by atoms with Crippen molar-refractivity contribution in [2.24, 2.45) is 0 Å². The van der Waals surface area contributed by atoms with Gasteiger partial charge < -0.3 is 9.15 Å². The molecule has 0 saturated heterocycles. The van der Waals surface area contributed by atoms with Crippen molar-refractivity contribution in [2.45, 2.75) is 20.8 Å². The minimum Gasteiger partial charge on any atom is -0.422 e. The maximum atomic E-state index is 5.81. The molecule has 0 bridgehead atoms. The van der Waals surface area contributed by atoms with Crippen molar-refractivity contribution < 1.29 is 9.15 Å². The Bertz CT molecular complexity index is 1050. The lowest BCUT2D eigenvalue weighted by atomic mass is 10.1. The fraction of sp³-hybridized carbons (Fsp3) is 0.158. The van der Waals surface area contributed by atoms with Gasteiger partial charge in [-0.05, 0) is 45.0 Å². The number of pyridine rings is 1. The highest BCUT2D eigenvalue weighted by molar-refractivity contribution is 5.72. The minimum atomic E-state index is 0.201. The van der Waals surface area contributed by atoms with Crippen LogP contribution in [-0.4, -0.2) is 19.9 Å². The van der Waals surface area contributed by atoms with E-state index < -0.39 is 0 Å². The molecule has 4 aromatic rings. The number of ether oxygens (including phenoxy) is 1. The number of hydrogen-bond donors (Lipinski definition) is 0. The van der Waals surface area contributed by atoms with E-state index in [0.717, 1.165) is 22.4 Å². The highest BCUT2D eigenvalue weighted by Crippen LogP contribution is 2.27. The number of oxazole rings is 1. The van der Waals surface area contributed by atoms with Gasteiger partial charge in [-0.3, -0.25) is 4.98 Å². The Morgan fingerprint density at radius 2 is 1.76 bits per heavy atom. The van der Waals surface area contributed by atoms with Crippen LogP contribution in [-0.2, 0) is 0 Å². The molecule has 0 amide bonds. The fourth-order valence-electron chi connectivity index (χ4n) is 2.67. The van der Waals surface area contributed by atoms with E-state index >= 15 is 0 Å². The topological polar surface area (TPSA) is 73.9 Å². The molecule has 0 aliphatic rings. The quantitative estimate of drug-likeness (QED) is 0.553. The van der Waals surface area contributed by atoms with Crippen molar-refractivity contribution >= 4 is 11.2 Å². The molecule has 0 spiro atoms. The molecule has 0 aliphatic carbocycles. The molecule has 3 aromatic heterocycles. The smallest absolute Gasteiger partial charge is 0.325 e. The van der Waals surface area contributed by atoms with Crippen LogP contribution in [0.4, 0.5) is 0 Å². The summed E-state index contributed by atoms with van der Waals surface area (Å²) in [5, 5.41) is 0. The van der Waals surface area contributed by atoms with Gasteiger partial charge in [0.05, 0.1) is 11.9 Å². The van der Waals surface area contributed by atoms with Gasteiger partial charge in [-0.2, -0.15) is 4.98 Å². The number of fused-ring (bicyclic) bond motifs is 1. The van der Waals surface area contributed by atoms with E-state index in [1.807, 2.05) is 39.0 Å². The number of aryl methyl sites for hydroxylation is 3. The monoisotopic (exact) mass is 332 g/mol. The van der Waals surface area contributed by atoms with Gasteiger partial charge in [-0.1, -0.05) is 17.2 Å². The maximum absolute atomic E-state index is 5.81. The summed E-state index contributed by atoms with van der Waals surface area (Å²) >= 11 is 0. The highest BCUT2D eigenvalue weighted by atomic mass is 16.5. The zero-order valence-corrected chi connectivity index (χ0v) is 14.1. The summed E-state index contributed by atoms with van der Waals surface area (Å²) in [5.74, 6) is 1.13. The second-order valence-electron chi connectivity index (χ2n) is 5.93. The lowest BCUT2D eigenvalue weighted by Gasteiger charge is -2.04. The van der Waals surface area contributed by atoms with Crippen LogP contribution in [0.2, 0.25) is 0 Å². The first-order valence-corrected chi connectivity index (χ1v) is 7.90. The van der Waals surface area contributed by atoms with E-state index in [-0.39, 0.29) is 6.01 Å². The zero-order chi connectivity index (χ0) is 17.4. The van der Waals surface area contributed by atoms with Gasteiger partial charge in [-0.25, -0.2) is 9.97 Å². The predicted molar refractivity (Wildman–Crippen MR) is 93.6 cm³/mol. The molecule has 0 fully saturated rings. The predicted octanol–water partition coefficient (Wildman–Crippen LogP) is 4.40. The van der Waals surface area contributed by atoms with Crippen molar-refractivity contribution in [1.82, 2.24) is 19.9 Å². The molecule has 3 heterocycles. The van der Waals surface area contributed by atoms with Crippen LogP contribution in [0.15, 0.2) is 47.1 Å². The van der Waals surface area contributed by atoms with Crippen LogP contribution in [0.25, 0.3) is 22.7 Å². The van der Waals surface area contributed by atoms with Crippen molar-refractivity contribution in [2.75, 3.05) is 0 Å².